The van der Waals surface area contributed by atoms with E-state index in [9.17, 15) is 17.6 Å². The van der Waals surface area contributed by atoms with Crippen LogP contribution >= 0.6 is 0 Å². The molecule has 0 fully saturated rings. The van der Waals surface area contributed by atoms with Gasteiger partial charge in [0.05, 0.1) is 5.69 Å². The maximum absolute atomic E-state index is 13.3. The van der Waals surface area contributed by atoms with E-state index in [1.807, 2.05) is 0 Å². The second kappa shape index (κ2) is 4.11. The molecule has 0 aliphatic heterocycles. The average Bonchev–Trinajstić information content (AvgIpc) is 2.68. The van der Waals surface area contributed by atoms with Gasteiger partial charge in [-0.2, -0.15) is 0 Å². The number of aromatic nitrogens is 1. The van der Waals surface area contributed by atoms with Crippen molar-refractivity contribution < 1.29 is 17.6 Å². The van der Waals surface area contributed by atoms with Crippen molar-refractivity contribution >= 4 is 0 Å². The fourth-order valence-electron chi connectivity index (χ4n) is 2.54. The summed E-state index contributed by atoms with van der Waals surface area (Å²) in [4.78, 5) is 0. The van der Waals surface area contributed by atoms with Crippen LogP contribution in [-0.4, -0.2) is 10.5 Å². The molecule has 2 aromatic rings. The van der Waals surface area contributed by atoms with E-state index in [2.05, 4.69) is 0 Å². The molecule has 0 amide bonds. The number of hydrogen-bond donors (Lipinski definition) is 0. The van der Waals surface area contributed by atoms with Crippen molar-refractivity contribution in [2.24, 2.45) is 0 Å². The van der Waals surface area contributed by atoms with E-state index in [0.29, 0.717) is 16.9 Å². The maximum Gasteiger partial charge on any atom is 0.252 e. The van der Waals surface area contributed by atoms with Crippen LogP contribution in [0.5, 0.6) is 0 Å². The van der Waals surface area contributed by atoms with E-state index in [1.165, 1.54) is 12.1 Å². The quantitative estimate of drug-likeness (QED) is 0.692. The van der Waals surface area contributed by atoms with Gasteiger partial charge >= 0.3 is 0 Å². The lowest BCUT2D eigenvalue weighted by Crippen LogP contribution is -2.26. The summed E-state index contributed by atoms with van der Waals surface area (Å²) in [7, 11) is 0. The molecule has 1 aliphatic carbocycles. The van der Waals surface area contributed by atoms with Crippen LogP contribution < -0.4 is 0 Å². The lowest BCUT2D eigenvalue weighted by Gasteiger charge is -2.23. The Kier molecular flexibility index (Phi) is 2.66. The normalized spacial score (nSPS) is 17.3. The molecule has 5 heteroatoms. The zero-order chi connectivity index (χ0) is 13.6. The molecular formula is C14H11F4N. The summed E-state index contributed by atoms with van der Waals surface area (Å²) in [5.41, 5.74) is 1.57. The van der Waals surface area contributed by atoms with Crippen molar-refractivity contribution in [3.8, 4) is 5.69 Å². The molecule has 1 aliphatic rings. The maximum atomic E-state index is 13.3. The minimum absolute atomic E-state index is 0.202. The summed E-state index contributed by atoms with van der Waals surface area (Å²) >= 11 is 0. The van der Waals surface area contributed by atoms with E-state index in [1.54, 1.807) is 16.8 Å². The van der Waals surface area contributed by atoms with Gasteiger partial charge in [-0.15, -0.1) is 0 Å². The van der Waals surface area contributed by atoms with Crippen molar-refractivity contribution in [2.75, 3.05) is 0 Å². The van der Waals surface area contributed by atoms with Gasteiger partial charge in [0.15, 0.2) is 0 Å². The van der Waals surface area contributed by atoms with Crippen LogP contribution in [0.2, 0.25) is 0 Å². The molecule has 0 N–H and O–H groups in total. The fourth-order valence-corrected chi connectivity index (χ4v) is 2.54. The van der Waals surface area contributed by atoms with Crippen molar-refractivity contribution in [2.45, 2.75) is 25.2 Å². The summed E-state index contributed by atoms with van der Waals surface area (Å²) in [6.45, 7) is 0. The summed E-state index contributed by atoms with van der Waals surface area (Å²) in [6, 6.07) is 4.75. The zero-order valence-electron chi connectivity index (χ0n) is 9.97. The van der Waals surface area contributed by atoms with Gasteiger partial charge in [0.2, 0.25) is 0 Å². The predicted molar refractivity (Wildman–Crippen MR) is 62.7 cm³/mol. The van der Waals surface area contributed by atoms with Crippen LogP contribution in [0.4, 0.5) is 17.6 Å². The molecule has 19 heavy (non-hydrogen) atoms. The third-order valence-electron chi connectivity index (χ3n) is 3.39. The zero-order valence-corrected chi connectivity index (χ0v) is 9.97. The van der Waals surface area contributed by atoms with E-state index in [-0.39, 0.29) is 19.3 Å². The van der Waals surface area contributed by atoms with Gasteiger partial charge in [0, 0.05) is 30.8 Å². The second-order valence-corrected chi connectivity index (χ2v) is 4.82. The monoisotopic (exact) mass is 269 g/mol. The van der Waals surface area contributed by atoms with Crippen molar-refractivity contribution in [1.82, 2.24) is 4.57 Å². The summed E-state index contributed by atoms with van der Waals surface area (Å²) in [5.74, 6) is -4.05. The summed E-state index contributed by atoms with van der Waals surface area (Å²) in [6.07, 6.45) is 1.24. The van der Waals surface area contributed by atoms with Crippen molar-refractivity contribution in [1.29, 1.82) is 0 Å². The Bertz CT molecular complexity index is 610. The van der Waals surface area contributed by atoms with Crippen LogP contribution in [0.15, 0.2) is 30.5 Å². The molecule has 0 atom stereocenters. The van der Waals surface area contributed by atoms with Gasteiger partial charge in [-0.05, 0) is 30.2 Å². The number of fused-ring (bicyclic) bond motifs is 1. The van der Waals surface area contributed by atoms with Gasteiger partial charge in [0.1, 0.15) is 11.6 Å². The summed E-state index contributed by atoms with van der Waals surface area (Å²) in [5, 5.41) is 0. The minimum Gasteiger partial charge on any atom is -0.320 e. The predicted octanol–water partition coefficient (Wildman–Crippen LogP) is 3.88. The smallest absolute Gasteiger partial charge is 0.252 e. The van der Waals surface area contributed by atoms with Gasteiger partial charge in [-0.25, -0.2) is 17.6 Å². The Labute approximate surface area is 107 Å². The van der Waals surface area contributed by atoms with Gasteiger partial charge in [-0.3, -0.25) is 0 Å². The molecule has 0 radical (unpaired) electrons. The molecule has 0 saturated heterocycles. The molecule has 100 valence electrons. The lowest BCUT2D eigenvalue weighted by molar-refractivity contribution is -0.0126. The molecule has 3 rings (SSSR count). The van der Waals surface area contributed by atoms with E-state index < -0.39 is 17.6 Å². The number of hydrogen-bond acceptors (Lipinski definition) is 0. The van der Waals surface area contributed by atoms with Crippen LogP contribution in [-0.2, 0) is 12.8 Å². The van der Waals surface area contributed by atoms with Gasteiger partial charge < -0.3 is 4.57 Å². The molecule has 0 bridgehead atoms. The highest BCUT2D eigenvalue weighted by Gasteiger charge is 2.35. The number of alkyl halides is 2. The Hall–Kier alpha value is -1.78. The first kappa shape index (κ1) is 12.3. The van der Waals surface area contributed by atoms with E-state index in [0.717, 1.165) is 6.07 Å². The van der Waals surface area contributed by atoms with Gasteiger partial charge in [0.25, 0.3) is 5.92 Å². The van der Waals surface area contributed by atoms with Crippen molar-refractivity contribution in [3.63, 3.8) is 0 Å². The highest BCUT2D eigenvalue weighted by atomic mass is 19.3. The van der Waals surface area contributed by atoms with E-state index in [4.69, 9.17) is 0 Å². The van der Waals surface area contributed by atoms with Crippen LogP contribution in [0.25, 0.3) is 5.69 Å². The fraction of sp³-hybridized carbons (Fsp3) is 0.286. The third-order valence-corrected chi connectivity index (χ3v) is 3.39. The second-order valence-electron chi connectivity index (χ2n) is 4.82. The van der Waals surface area contributed by atoms with E-state index >= 15 is 0 Å². The minimum atomic E-state index is -2.69. The molecule has 1 aromatic heterocycles. The van der Waals surface area contributed by atoms with Crippen LogP contribution in [0, 0.1) is 11.6 Å². The largest absolute Gasteiger partial charge is 0.320 e. The molecule has 0 spiro atoms. The molecule has 1 nitrogen and oxygen atoms in total. The average molecular weight is 269 g/mol. The standard InChI is InChI=1S/C14H11F4N/c15-10-5-11(16)7-12(6-10)19-4-2-9-8-14(17,18)3-1-13(9)19/h2,4-7H,1,3,8H2. The number of benzene rings is 1. The molecule has 0 saturated carbocycles. The first-order chi connectivity index (χ1) is 8.94. The first-order valence-corrected chi connectivity index (χ1v) is 5.98. The van der Waals surface area contributed by atoms with Crippen LogP contribution in [0.1, 0.15) is 17.7 Å². The Balaban J connectivity index is 2.06. The SMILES string of the molecule is Fc1cc(F)cc(-n2ccc3c2CCC(F)(F)C3)c1. The number of nitrogens with zero attached hydrogens (tertiary/aromatic N) is 1. The highest BCUT2D eigenvalue weighted by molar-refractivity contribution is 5.40. The molecule has 1 heterocycles. The first-order valence-electron chi connectivity index (χ1n) is 5.98. The Morgan fingerprint density at radius 3 is 2.42 bits per heavy atom. The molecule has 0 unspecified atom stereocenters. The molecular weight excluding hydrogens is 258 g/mol. The number of rotatable bonds is 1. The topological polar surface area (TPSA) is 4.93 Å². The van der Waals surface area contributed by atoms with Crippen molar-refractivity contribution in [3.05, 3.63) is 53.4 Å². The lowest BCUT2D eigenvalue weighted by atomic mass is 9.94. The van der Waals surface area contributed by atoms with Gasteiger partial charge in [-0.1, -0.05) is 0 Å². The Morgan fingerprint density at radius 1 is 1.05 bits per heavy atom. The molecule has 1 aromatic carbocycles. The number of halogens is 4. The summed E-state index contributed by atoms with van der Waals surface area (Å²) < 4.78 is 54.6. The highest BCUT2D eigenvalue weighted by Crippen LogP contribution is 2.34. The van der Waals surface area contributed by atoms with Crippen LogP contribution in [0.3, 0.4) is 0 Å². The third kappa shape index (κ3) is 2.25. The Morgan fingerprint density at radius 2 is 1.74 bits per heavy atom.